The van der Waals surface area contributed by atoms with E-state index in [9.17, 15) is 10.2 Å². The summed E-state index contributed by atoms with van der Waals surface area (Å²) in [5, 5.41) is 26.3. The van der Waals surface area contributed by atoms with E-state index < -0.39 is 0 Å². The second kappa shape index (κ2) is 5.00. The highest BCUT2D eigenvalue weighted by molar-refractivity contribution is 5.44. The van der Waals surface area contributed by atoms with Gasteiger partial charge in [-0.05, 0) is 31.5 Å². The molecular weight excluding hydrogens is 230 g/mol. The summed E-state index contributed by atoms with van der Waals surface area (Å²) in [5.41, 5.74) is 1.73. The molecule has 3 N–H and O–H groups in total. The smallest absolute Gasteiger partial charge is 0.119 e. The minimum absolute atomic E-state index is 0.0301. The number of benzene rings is 1. The van der Waals surface area contributed by atoms with Crippen molar-refractivity contribution in [3.63, 3.8) is 0 Å². The maximum Gasteiger partial charge on any atom is 0.119 e. The number of phenolic OH excluding ortho intramolecular Hbond substituents is 2. The Morgan fingerprint density at radius 1 is 1.28 bits per heavy atom. The largest absolute Gasteiger partial charge is 0.508 e. The first-order chi connectivity index (χ1) is 8.58. The molecule has 5 nitrogen and oxygen atoms in total. The number of anilines is 1. The molecule has 2 aromatic rings. The van der Waals surface area contributed by atoms with Crippen molar-refractivity contribution in [1.29, 1.82) is 0 Å². The van der Waals surface area contributed by atoms with Gasteiger partial charge in [0.25, 0.3) is 0 Å². The average molecular weight is 247 g/mol. The Morgan fingerprint density at radius 2 is 1.94 bits per heavy atom. The number of nitrogens with zero attached hydrogens (tertiary/aromatic N) is 2. The van der Waals surface area contributed by atoms with E-state index >= 15 is 0 Å². The number of hydrogen-bond acceptors (Lipinski definition) is 4. The zero-order valence-electron chi connectivity index (χ0n) is 10.5. The molecular formula is C13H17N3O2. The zero-order valence-corrected chi connectivity index (χ0v) is 10.5. The molecule has 1 aromatic heterocycles. The standard InChI is InChI=1S/C13H17N3O2/c1-3-16-8-11(7-14-16)15-9(2)10-4-12(17)6-13(18)5-10/h4-9,15,17-18H,3H2,1-2H3. The van der Waals surface area contributed by atoms with Gasteiger partial charge in [0.2, 0.25) is 0 Å². The molecule has 0 saturated heterocycles. The van der Waals surface area contributed by atoms with Crippen LogP contribution in [0.3, 0.4) is 0 Å². The number of phenols is 2. The summed E-state index contributed by atoms with van der Waals surface area (Å²) >= 11 is 0. The number of rotatable bonds is 4. The Hall–Kier alpha value is -2.17. The molecule has 1 heterocycles. The van der Waals surface area contributed by atoms with Gasteiger partial charge < -0.3 is 15.5 Å². The molecule has 0 amide bonds. The number of aryl methyl sites for hydroxylation is 1. The first-order valence-corrected chi connectivity index (χ1v) is 5.90. The molecule has 0 aliphatic carbocycles. The zero-order chi connectivity index (χ0) is 13.1. The Kier molecular flexibility index (Phi) is 3.41. The van der Waals surface area contributed by atoms with Crippen LogP contribution >= 0.6 is 0 Å². The fourth-order valence-electron chi connectivity index (χ4n) is 1.81. The van der Waals surface area contributed by atoms with Crippen LogP contribution in [0.1, 0.15) is 25.5 Å². The van der Waals surface area contributed by atoms with Gasteiger partial charge in [-0.25, -0.2) is 0 Å². The van der Waals surface area contributed by atoms with Crippen LogP contribution < -0.4 is 5.32 Å². The topological polar surface area (TPSA) is 70.3 Å². The highest BCUT2D eigenvalue weighted by Crippen LogP contribution is 2.26. The first-order valence-electron chi connectivity index (χ1n) is 5.90. The third-order valence-corrected chi connectivity index (χ3v) is 2.77. The maximum absolute atomic E-state index is 9.45. The van der Waals surface area contributed by atoms with Gasteiger partial charge in [0.15, 0.2) is 0 Å². The molecule has 96 valence electrons. The third-order valence-electron chi connectivity index (χ3n) is 2.77. The summed E-state index contributed by atoms with van der Waals surface area (Å²) in [5.74, 6) is 0.116. The quantitative estimate of drug-likeness (QED) is 0.776. The summed E-state index contributed by atoms with van der Waals surface area (Å²) in [6.07, 6.45) is 3.67. The third kappa shape index (κ3) is 2.74. The van der Waals surface area contributed by atoms with Crippen LogP contribution in [0.25, 0.3) is 0 Å². The first kappa shape index (κ1) is 12.3. The van der Waals surface area contributed by atoms with Crippen LogP contribution in [-0.2, 0) is 6.54 Å². The second-order valence-electron chi connectivity index (χ2n) is 4.23. The van der Waals surface area contributed by atoms with Crippen molar-refractivity contribution in [3.8, 4) is 11.5 Å². The van der Waals surface area contributed by atoms with Gasteiger partial charge in [0, 0.05) is 24.8 Å². The average Bonchev–Trinajstić information content (AvgIpc) is 2.75. The summed E-state index contributed by atoms with van der Waals surface area (Å²) < 4.78 is 1.83. The molecule has 2 rings (SSSR count). The van der Waals surface area contributed by atoms with Gasteiger partial charge >= 0.3 is 0 Å². The van der Waals surface area contributed by atoms with Crippen molar-refractivity contribution in [2.24, 2.45) is 0 Å². The van der Waals surface area contributed by atoms with Crippen molar-refractivity contribution >= 4 is 5.69 Å². The van der Waals surface area contributed by atoms with Crippen LogP contribution in [0.15, 0.2) is 30.6 Å². The van der Waals surface area contributed by atoms with Crippen LogP contribution in [0.2, 0.25) is 0 Å². The van der Waals surface area contributed by atoms with Crippen LogP contribution in [0, 0.1) is 0 Å². The lowest BCUT2D eigenvalue weighted by atomic mass is 10.1. The van der Waals surface area contributed by atoms with Crippen molar-refractivity contribution in [2.45, 2.75) is 26.4 Å². The Bertz CT molecular complexity index is 517. The van der Waals surface area contributed by atoms with E-state index in [4.69, 9.17) is 0 Å². The van der Waals surface area contributed by atoms with Crippen LogP contribution in [-0.4, -0.2) is 20.0 Å². The minimum atomic E-state index is -0.0301. The Balaban J connectivity index is 2.13. The fourth-order valence-corrected chi connectivity index (χ4v) is 1.81. The predicted molar refractivity (Wildman–Crippen MR) is 69.7 cm³/mol. The molecule has 0 aliphatic rings. The fraction of sp³-hybridized carbons (Fsp3) is 0.308. The number of aromatic hydroxyl groups is 2. The predicted octanol–water partition coefficient (Wildman–Crippen LogP) is 2.49. The van der Waals surface area contributed by atoms with E-state index in [1.54, 1.807) is 18.3 Å². The molecule has 5 heteroatoms. The van der Waals surface area contributed by atoms with E-state index in [1.165, 1.54) is 6.07 Å². The van der Waals surface area contributed by atoms with Gasteiger partial charge in [0.05, 0.1) is 11.9 Å². The van der Waals surface area contributed by atoms with Crippen LogP contribution in [0.4, 0.5) is 5.69 Å². The maximum atomic E-state index is 9.45. The summed E-state index contributed by atoms with van der Waals surface area (Å²) in [6, 6.07) is 4.53. The van der Waals surface area contributed by atoms with Crippen molar-refractivity contribution < 1.29 is 10.2 Å². The molecule has 0 aliphatic heterocycles. The van der Waals surface area contributed by atoms with Gasteiger partial charge in [-0.3, -0.25) is 4.68 Å². The van der Waals surface area contributed by atoms with Crippen LogP contribution in [0.5, 0.6) is 11.5 Å². The monoisotopic (exact) mass is 247 g/mol. The lowest BCUT2D eigenvalue weighted by Gasteiger charge is -2.14. The van der Waals surface area contributed by atoms with Crippen molar-refractivity contribution in [3.05, 3.63) is 36.2 Å². The highest BCUT2D eigenvalue weighted by Gasteiger charge is 2.09. The number of hydrogen-bond donors (Lipinski definition) is 3. The van der Waals surface area contributed by atoms with E-state index in [0.29, 0.717) is 0 Å². The Labute approximate surface area is 106 Å². The summed E-state index contributed by atoms with van der Waals surface area (Å²) in [4.78, 5) is 0. The lowest BCUT2D eigenvalue weighted by molar-refractivity contribution is 0.448. The van der Waals surface area contributed by atoms with Crippen molar-refractivity contribution in [2.75, 3.05) is 5.32 Å². The molecule has 0 saturated carbocycles. The summed E-state index contributed by atoms with van der Waals surface area (Å²) in [7, 11) is 0. The molecule has 0 radical (unpaired) electrons. The highest BCUT2D eigenvalue weighted by atomic mass is 16.3. The number of aromatic nitrogens is 2. The molecule has 0 bridgehead atoms. The van der Waals surface area contributed by atoms with Gasteiger partial charge in [-0.2, -0.15) is 5.10 Å². The number of nitrogens with one attached hydrogen (secondary N) is 1. The van der Waals surface area contributed by atoms with Crippen molar-refractivity contribution in [1.82, 2.24) is 9.78 Å². The van der Waals surface area contributed by atoms with E-state index in [-0.39, 0.29) is 17.5 Å². The Morgan fingerprint density at radius 3 is 2.50 bits per heavy atom. The van der Waals surface area contributed by atoms with E-state index in [0.717, 1.165) is 17.8 Å². The molecule has 1 aromatic carbocycles. The molecule has 1 atom stereocenters. The molecule has 0 spiro atoms. The second-order valence-corrected chi connectivity index (χ2v) is 4.23. The van der Waals surface area contributed by atoms with Gasteiger partial charge in [-0.1, -0.05) is 0 Å². The van der Waals surface area contributed by atoms with E-state index in [1.807, 2.05) is 24.7 Å². The molecule has 0 fully saturated rings. The molecule has 18 heavy (non-hydrogen) atoms. The van der Waals surface area contributed by atoms with Gasteiger partial charge in [-0.15, -0.1) is 0 Å². The van der Waals surface area contributed by atoms with E-state index in [2.05, 4.69) is 10.4 Å². The normalized spacial score (nSPS) is 12.3. The lowest BCUT2D eigenvalue weighted by Crippen LogP contribution is -2.05. The van der Waals surface area contributed by atoms with Gasteiger partial charge in [0.1, 0.15) is 11.5 Å². The molecule has 1 unspecified atom stereocenters. The minimum Gasteiger partial charge on any atom is -0.508 e. The summed E-state index contributed by atoms with van der Waals surface area (Å²) in [6.45, 7) is 4.80. The SMILES string of the molecule is CCn1cc(NC(C)c2cc(O)cc(O)c2)cn1.